The lowest BCUT2D eigenvalue weighted by atomic mass is 9.84. The van der Waals surface area contributed by atoms with Gasteiger partial charge in [-0.05, 0) is 13.0 Å². The van der Waals surface area contributed by atoms with E-state index in [0.717, 1.165) is 45.6 Å². The minimum Gasteiger partial charge on any atom is -0.475 e. The van der Waals surface area contributed by atoms with Gasteiger partial charge in [0.1, 0.15) is 6.10 Å². The Morgan fingerprint density at radius 3 is 2.21 bits per heavy atom. The molecule has 38 heavy (non-hydrogen) atoms. The smallest absolute Gasteiger partial charge is 0.475 e. The van der Waals surface area contributed by atoms with Crippen molar-refractivity contribution in [2.45, 2.75) is 56.9 Å². The molecule has 0 aromatic carbocycles. The third-order valence-corrected chi connectivity index (χ3v) is 5.30. The van der Waals surface area contributed by atoms with Crippen LogP contribution in [0.4, 0.5) is 26.3 Å². The van der Waals surface area contributed by atoms with E-state index in [0.29, 0.717) is 5.88 Å². The van der Waals surface area contributed by atoms with E-state index < -0.39 is 24.3 Å². The van der Waals surface area contributed by atoms with Crippen LogP contribution in [0.1, 0.15) is 25.3 Å². The Bertz CT molecular complexity index is 1020. The van der Waals surface area contributed by atoms with E-state index in [4.69, 9.17) is 29.3 Å². The molecule has 4 heterocycles. The van der Waals surface area contributed by atoms with Gasteiger partial charge in [-0.15, -0.1) is 0 Å². The number of likely N-dealkylation sites (tertiary alicyclic amines) is 1. The first kappa shape index (κ1) is 30.8. The molecule has 2 aromatic heterocycles. The van der Waals surface area contributed by atoms with Crippen molar-refractivity contribution in [2.24, 2.45) is 0 Å². The van der Waals surface area contributed by atoms with Gasteiger partial charge in [0.15, 0.2) is 0 Å². The number of pyridine rings is 1. The molecule has 0 bridgehead atoms. The number of hydrogen-bond acceptors (Lipinski definition) is 7. The summed E-state index contributed by atoms with van der Waals surface area (Å²) in [7, 11) is 0. The third kappa shape index (κ3) is 9.81. The van der Waals surface area contributed by atoms with Gasteiger partial charge in [0.25, 0.3) is 0 Å². The summed E-state index contributed by atoms with van der Waals surface area (Å²) >= 11 is 0. The number of ether oxygens (including phenoxy) is 2. The van der Waals surface area contributed by atoms with Gasteiger partial charge in [-0.3, -0.25) is 9.58 Å². The van der Waals surface area contributed by atoms with Gasteiger partial charge in [-0.2, -0.15) is 31.4 Å². The summed E-state index contributed by atoms with van der Waals surface area (Å²) in [5, 5.41) is 18.6. The molecular formula is C22H26F6N4O6. The highest BCUT2D eigenvalue weighted by molar-refractivity contribution is 5.73. The van der Waals surface area contributed by atoms with E-state index in [1.165, 1.54) is 5.56 Å². The molecule has 1 unspecified atom stereocenters. The maximum absolute atomic E-state index is 10.6. The molecule has 0 amide bonds. The largest absolute Gasteiger partial charge is 0.490 e. The summed E-state index contributed by atoms with van der Waals surface area (Å²) in [6.07, 6.45) is -2.25. The van der Waals surface area contributed by atoms with Gasteiger partial charge in [0.2, 0.25) is 5.88 Å². The summed E-state index contributed by atoms with van der Waals surface area (Å²) < 4.78 is 77.6. The van der Waals surface area contributed by atoms with Crippen LogP contribution in [0.5, 0.6) is 5.88 Å². The minimum atomic E-state index is -5.08. The monoisotopic (exact) mass is 556 g/mol. The average Bonchev–Trinajstić information content (AvgIpc) is 3.26. The number of carboxylic acid groups (broad SMARTS) is 2. The molecule has 10 nitrogen and oxygen atoms in total. The molecule has 1 atom stereocenters. The summed E-state index contributed by atoms with van der Waals surface area (Å²) in [6, 6.07) is 5.78. The van der Waals surface area contributed by atoms with E-state index in [2.05, 4.69) is 28.1 Å². The van der Waals surface area contributed by atoms with Gasteiger partial charge in [0, 0.05) is 63.0 Å². The Balaban J connectivity index is 0.000000301. The van der Waals surface area contributed by atoms with Crippen molar-refractivity contribution in [3.05, 3.63) is 42.4 Å². The molecule has 0 aliphatic carbocycles. The van der Waals surface area contributed by atoms with Crippen molar-refractivity contribution < 1.29 is 55.6 Å². The number of aromatic nitrogens is 3. The molecule has 2 saturated heterocycles. The summed E-state index contributed by atoms with van der Waals surface area (Å²) in [5.74, 6) is -4.80. The fraction of sp³-hybridized carbons (Fsp3) is 0.545. The molecule has 2 aliphatic rings. The SMILES string of the molecule is CCn1cc(CN2CC3(CC(Oc4ccccn4)CCO3)C2)cn1.O=C(O)C(F)(F)F.O=C(O)C(F)(F)F. The average molecular weight is 556 g/mol. The predicted octanol–water partition coefficient (Wildman–Crippen LogP) is 3.38. The van der Waals surface area contributed by atoms with E-state index in [1.807, 2.05) is 29.1 Å². The molecule has 212 valence electrons. The number of aryl methyl sites for hydroxylation is 1. The number of halogens is 6. The topological polar surface area (TPSA) is 127 Å². The number of carbonyl (C=O) groups is 2. The molecule has 0 radical (unpaired) electrons. The number of nitrogens with zero attached hydrogens (tertiary/aromatic N) is 4. The van der Waals surface area contributed by atoms with Crippen molar-refractivity contribution in [1.29, 1.82) is 0 Å². The zero-order valence-electron chi connectivity index (χ0n) is 20.1. The van der Waals surface area contributed by atoms with Crippen molar-refractivity contribution in [2.75, 3.05) is 19.7 Å². The van der Waals surface area contributed by atoms with Crippen LogP contribution in [0.3, 0.4) is 0 Å². The fourth-order valence-corrected chi connectivity index (χ4v) is 3.69. The molecule has 4 rings (SSSR count). The van der Waals surface area contributed by atoms with Crippen LogP contribution in [0.15, 0.2) is 36.8 Å². The van der Waals surface area contributed by atoms with Crippen molar-refractivity contribution in [1.82, 2.24) is 19.7 Å². The number of aliphatic carboxylic acids is 2. The zero-order valence-corrected chi connectivity index (χ0v) is 20.1. The van der Waals surface area contributed by atoms with Crippen LogP contribution >= 0.6 is 0 Å². The van der Waals surface area contributed by atoms with E-state index >= 15 is 0 Å². The molecule has 2 aromatic rings. The Hall–Kier alpha value is -3.40. The van der Waals surface area contributed by atoms with E-state index in [9.17, 15) is 26.3 Å². The number of hydrogen-bond donors (Lipinski definition) is 2. The molecule has 2 N–H and O–H groups in total. The van der Waals surface area contributed by atoms with Gasteiger partial charge in [-0.1, -0.05) is 6.07 Å². The first-order valence-electron chi connectivity index (χ1n) is 11.2. The lowest BCUT2D eigenvalue weighted by Gasteiger charge is -2.53. The molecule has 2 fully saturated rings. The second-order valence-corrected chi connectivity index (χ2v) is 8.39. The van der Waals surface area contributed by atoms with Crippen molar-refractivity contribution in [3.63, 3.8) is 0 Å². The Morgan fingerprint density at radius 1 is 1.13 bits per heavy atom. The summed E-state index contributed by atoms with van der Waals surface area (Å²) in [4.78, 5) is 24.5. The second-order valence-electron chi connectivity index (χ2n) is 8.39. The zero-order chi connectivity index (χ0) is 28.6. The normalized spacial score (nSPS) is 18.8. The number of alkyl halides is 6. The second kappa shape index (κ2) is 12.9. The van der Waals surface area contributed by atoms with Gasteiger partial charge in [0.05, 0.1) is 18.4 Å². The maximum Gasteiger partial charge on any atom is 0.490 e. The van der Waals surface area contributed by atoms with E-state index in [1.54, 1.807) is 6.20 Å². The fourth-order valence-electron chi connectivity index (χ4n) is 3.69. The maximum atomic E-state index is 10.6. The van der Waals surface area contributed by atoms with Crippen LogP contribution < -0.4 is 4.74 Å². The van der Waals surface area contributed by atoms with Gasteiger partial charge < -0.3 is 19.7 Å². The quantitative estimate of drug-likeness (QED) is 0.533. The summed E-state index contributed by atoms with van der Waals surface area (Å²) in [6.45, 7) is 6.65. The first-order valence-corrected chi connectivity index (χ1v) is 11.2. The standard InChI is InChI=1S/C18H24N4O2.2C2HF3O2/c1-2-22-12-15(10-20-22)11-21-13-18(14-21)9-16(6-8-23-18)24-17-5-3-4-7-19-17;2*3-2(4,5)1(6)7/h3-5,7,10,12,16H,2,6,8-9,11,13-14H2,1H3;2*(H,6,7). The Kier molecular flexibility index (Phi) is 10.5. The van der Waals surface area contributed by atoms with Crippen LogP contribution in [0.2, 0.25) is 0 Å². The van der Waals surface area contributed by atoms with Crippen LogP contribution in [-0.4, -0.2) is 85.6 Å². The molecule has 2 aliphatic heterocycles. The molecular weight excluding hydrogens is 530 g/mol. The predicted molar refractivity (Wildman–Crippen MR) is 117 cm³/mol. The lowest BCUT2D eigenvalue weighted by molar-refractivity contribution is -0.193. The highest BCUT2D eigenvalue weighted by Crippen LogP contribution is 2.36. The molecule has 1 spiro atoms. The first-order chi connectivity index (χ1) is 17.6. The Morgan fingerprint density at radius 2 is 1.74 bits per heavy atom. The van der Waals surface area contributed by atoms with Crippen molar-refractivity contribution in [3.8, 4) is 5.88 Å². The van der Waals surface area contributed by atoms with Crippen LogP contribution in [-0.2, 0) is 27.4 Å². The molecule has 0 saturated carbocycles. The minimum absolute atomic E-state index is 0.0432. The van der Waals surface area contributed by atoms with Crippen LogP contribution in [0, 0.1) is 0 Å². The Labute approximate surface area is 212 Å². The number of rotatable bonds is 5. The number of carboxylic acids is 2. The van der Waals surface area contributed by atoms with Gasteiger partial charge in [-0.25, -0.2) is 14.6 Å². The van der Waals surface area contributed by atoms with E-state index in [-0.39, 0.29) is 11.7 Å². The summed E-state index contributed by atoms with van der Waals surface area (Å²) in [5.41, 5.74) is 1.22. The third-order valence-electron chi connectivity index (χ3n) is 5.30. The van der Waals surface area contributed by atoms with Crippen LogP contribution in [0.25, 0.3) is 0 Å². The van der Waals surface area contributed by atoms with Gasteiger partial charge >= 0.3 is 24.3 Å². The lowest BCUT2D eigenvalue weighted by Crippen LogP contribution is -2.65. The molecule has 16 heteroatoms. The highest BCUT2D eigenvalue weighted by Gasteiger charge is 2.48. The highest BCUT2D eigenvalue weighted by atomic mass is 19.4. The van der Waals surface area contributed by atoms with Crippen molar-refractivity contribution >= 4 is 11.9 Å².